The van der Waals surface area contributed by atoms with Crippen LogP contribution in [0.4, 0.5) is 0 Å². The first-order valence-corrected chi connectivity index (χ1v) is 10.0. The Morgan fingerprint density at radius 2 is 0.920 bits per heavy atom. The Balaban J connectivity index is 0.000000415. The molecule has 0 unspecified atom stereocenters. The lowest BCUT2D eigenvalue weighted by molar-refractivity contribution is 0.602. The summed E-state index contributed by atoms with van der Waals surface area (Å²) in [6, 6.07) is 28.9. The van der Waals surface area contributed by atoms with Crippen LogP contribution in [-0.4, -0.2) is 16.7 Å². The fourth-order valence-corrected chi connectivity index (χ4v) is 2.70. The number of hydrogen-bond donors (Lipinski definition) is 0. The molecule has 0 radical (unpaired) electrons. The maximum absolute atomic E-state index is 9.56. The fraction of sp³-hybridized carbons (Fsp3) is 0.0909. The molecule has 0 aliphatic rings. The second-order valence-electron chi connectivity index (χ2n) is 5.78. The van der Waals surface area contributed by atoms with Crippen LogP contribution in [0.5, 0.6) is 0 Å². The van der Waals surface area contributed by atoms with E-state index in [9.17, 15) is 4.21 Å². The normalized spacial score (nSPS) is 10.5. The predicted octanol–water partition coefficient (Wildman–Crippen LogP) is 5.76. The molecule has 3 aromatic carbocycles. The van der Waals surface area contributed by atoms with Crippen LogP contribution in [0.2, 0.25) is 0 Å². The average Bonchev–Trinajstić information content (AvgIpc) is 3.02. The van der Waals surface area contributed by atoms with E-state index < -0.39 is 10.8 Å². The Labute approximate surface area is 150 Å². The molecule has 4 aromatic rings. The van der Waals surface area contributed by atoms with Crippen molar-refractivity contribution in [1.82, 2.24) is 0 Å². The van der Waals surface area contributed by atoms with Crippen molar-refractivity contribution in [2.45, 2.75) is 0 Å². The lowest BCUT2D eigenvalue weighted by Crippen LogP contribution is -1.73. The molecule has 2 nitrogen and oxygen atoms in total. The summed E-state index contributed by atoms with van der Waals surface area (Å²) in [7, 11) is -0.611. The summed E-state index contributed by atoms with van der Waals surface area (Å²) < 4.78 is 15.8. The van der Waals surface area contributed by atoms with Gasteiger partial charge in [-0.05, 0) is 0 Å². The van der Waals surface area contributed by atoms with E-state index in [1.807, 2.05) is 36.4 Å². The quantitative estimate of drug-likeness (QED) is 0.461. The van der Waals surface area contributed by atoms with Gasteiger partial charge in [0.15, 0.2) is 0 Å². The second-order valence-corrected chi connectivity index (χ2v) is 7.26. The molecule has 0 bridgehead atoms. The second kappa shape index (κ2) is 7.95. The minimum Gasteiger partial charge on any atom is -0.455 e. The van der Waals surface area contributed by atoms with E-state index >= 15 is 0 Å². The van der Waals surface area contributed by atoms with E-state index in [1.165, 1.54) is 0 Å². The summed E-state index contributed by atoms with van der Waals surface area (Å²) in [5.41, 5.74) is 2.21. The molecule has 0 saturated heterocycles. The summed E-state index contributed by atoms with van der Waals surface area (Å²) in [5, 5.41) is 2.31. The maximum Gasteiger partial charge on any atom is 0.142 e. The zero-order chi connectivity index (χ0) is 17.6. The predicted molar refractivity (Wildman–Crippen MR) is 107 cm³/mol. The number of rotatable bonds is 2. The topological polar surface area (TPSA) is 30.2 Å². The first-order chi connectivity index (χ1) is 12.2. The van der Waals surface area contributed by atoms with Gasteiger partial charge in [-0.3, -0.25) is 4.21 Å². The van der Waals surface area contributed by atoms with Crippen molar-refractivity contribution < 1.29 is 8.63 Å². The van der Waals surface area contributed by atoms with E-state index in [0.717, 1.165) is 33.4 Å². The summed E-state index contributed by atoms with van der Waals surface area (Å²) in [6.07, 6.45) is 3.28. The molecule has 4 rings (SSSR count). The average molecular weight is 348 g/mol. The van der Waals surface area contributed by atoms with E-state index in [-0.39, 0.29) is 0 Å². The van der Waals surface area contributed by atoms with Gasteiger partial charge < -0.3 is 4.42 Å². The van der Waals surface area contributed by atoms with E-state index in [0.29, 0.717) is 0 Å². The molecule has 3 heteroatoms. The van der Waals surface area contributed by atoms with Gasteiger partial charge in [0.2, 0.25) is 0 Å². The van der Waals surface area contributed by atoms with Crippen LogP contribution in [0, 0.1) is 0 Å². The van der Waals surface area contributed by atoms with Crippen molar-refractivity contribution in [3.05, 3.63) is 84.9 Å². The van der Waals surface area contributed by atoms with Crippen molar-refractivity contribution in [3.63, 3.8) is 0 Å². The standard InChI is InChI=1S/C20H14O.C2H6OS/c1-3-9-15(10-4-1)19-17-13-7-8-14-18(17)20(21-19)16-11-5-2-6-12-16;1-4(2)3/h1-14H;1-2H3. The molecule has 0 amide bonds. The molecule has 0 aliphatic heterocycles. The highest BCUT2D eigenvalue weighted by Crippen LogP contribution is 2.38. The van der Waals surface area contributed by atoms with Gasteiger partial charge >= 0.3 is 0 Å². The van der Waals surface area contributed by atoms with Crippen molar-refractivity contribution in [2.75, 3.05) is 12.5 Å². The minimum atomic E-state index is -0.611. The van der Waals surface area contributed by atoms with Gasteiger partial charge in [0.25, 0.3) is 0 Å². The number of furan rings is 1. The Morgan fingerprint density at radius 3 is 1.28 bits per heavy atom. The third-order valence-corrected chi connectivity index (χ3v) is 3.69. The summed E-state index contributed by atoms with van der Waals surface area (Å²) in [4.78, 5) is 0. The van der Waals surface area contributed by atoms with Crippen LogP contribution in [0.1, 0.15) is 0 Å². The summed E-state index contributed by atoms with van der Waals surface area (Å²) in [5.74, 6) is 1.87. The Hall–Kier alpha value is -2.65. The van der Waals surface area contributed by atoms with Gasteiger partial charge in [-0.2, -0.15) is 0 Å². The Kier molecular flexibility index (Phi) is 5.46. The SMILES string of the molecule is CS(C)=O.c1ccc(-c2oc(-c3ccccc3)c3ccccc23)cc1. The van der Waals surface area contributed by atoms with Gasteiger partial charge in [-0.1, -0.05) is 84.9 Å². The lowest BCUT2D eigenvalue weighted by atomic mass is 10.0. The van der Waals surface area contributed by atoms with Crippen LogP contribution in [0.15, 0.2) is 89.3 Å². The first kappa shape index (κ1) is 17.2. The van der Waals surface area contributed by atoms with Crippen LogP contribution in [-0.2, 0) is 10.8 Å². The van der Waals surface area contributed by atoms with Gasteiger partial charge in [0.05, 0.1) is 0 Å². The van der Waals surface area contributed by atoms with Crippen LogP contribution in [0.25, 0.3) is 33.4 Å². The highest BCUT2D eigenvalue weighted by Gasteiger charge is 2.15. The molecule has 0 atom stereocenters. The Morgan fingerprint density at radius 1 is 0.600 bits per heavy atom. The van der Waals surface area contributed by atoms with Gasteiger partial charge in [-0.15, -0.1) is 0 Å². The van der Waals surface area contributed by atoms with Gasteiger partial charge in [0, 0.05) is 45.2 Å². The highest BCUT2D eigenvalue weighted by atomic mass is 32.2. The van der Waals surface area contributed by atoms with Crippen molar-refractivity contribution in [3.8, 4) is 22.6 Å². The van der Waals surface area contributed by atoms with E-state index in [1.54, 1.807) is 12.5 Å². The number of benzene rings is 3. The molecule has 0 saturated carbocycles. The zero-order valence-electron chi connectivity index (χ0n) is 14.3. The number of fused-ring (bicyclic) bond motifs is 1. The molecular weight excluding hydrogens is 328 g/mol. The zero-order valence-corrected chi connectivity index (χ0v) is 15.1. The van der Waals surface area contributed by atoms with E-state index in [2.05, 4.69) is 48.5 Å². The molecular formula is C22H20O2S. The highest BCUT2D eigenvalue weighted by molar-refractivity contribution is 7.83. The molecule has 0 fully saturated rings. The third-order valence-electron chi connectivity index (χ3n) is 3.69. The molecule has 25 heavy (non-hydrogen) atoms. The molecule has 0 N–H and O–H groups in total. The number of hydrogen-bond acceptors (Lipinski definition) is 2. The molecule has 1 aromatic heterocycles. The van der Waals surface area contributed by atoms with Crippen molar-refractivity contribution in [2.24, 2.45) is 0 Å². The van der Waals surface area contributed by atoms with Crippen molar-refractivity contribution >= 4 is 21.6 Å². The monoisotopic (exact) mass is 348 g/mol. The first-order valence-electron chi connectivity index (χ1n) is 8.04. The van der Waals surface area contributed by atoms with Crippen LogP contribution >= 0.6 is 0 Å². The fourth-order valence-electron chi connectivity index (χ4n) is 2.70. The molecule has 0 spiro atoms. The van der Waals surface area contributed by atoms with Crippen LogP contribution in [0.3, 0.4) is 0 Å². The third kappa shape index (κ3) is 4.06. The van der Waals surface area contributed by atoms with Crippen LogP contribution < -0.4 is 0 Å². The van der Waals surface area contributed by atoms with Gasteiger partial charge in [-0.25, -0.2) is 0 Å². The maximum atomic E-state index is 9.56. The lowest BCUT2D eigenvalue weighted by Gasteiger charge is -1.98. The summed E-state index contributed by atoms with van der Waals surface area (Å²) in [6.45, 7) is 0. The molecule has 126 valence electrons. The van der Waals surface area contributed by atoms with Gasteiger partial charge in [0.1, 0.15) is 11.5 Å². The smallest absolute Gasteiger partial charge is 0.142 e. The minimum absolute atomic E-state index is 0.611. The van der Waals surface area contributed by atoms with E-state index in [4.69, 9.17) is 4.42 Å². The van der Waals surface area contributed by atoms with Crippen molar-refractivity contribution in [1.29, 1.82) is 0 Å². The largest absolute Gasteiger partial charge is 0.455 e. The molecule has 0 aliphatic carbocycles. The summed E-state index contributed by atoms with van der Waals surface area (Å²) >= 11 is 0. The molecule has 1 heterocycles. The Bertz CT molecular complexity index is 895.